The molecule has 0 N–H and O–H groups in total. The summed E-state index contributed by atoms with van der Waals surface area (Å²) < 4.78 is 47.3. The largest absolute Gasteiger partial charge is 0.420 e. The first-order valence-corrected chi connectivity index (χ1v) is 9.95. The normalized spacial score (nSPS) is 10.9. The topological polar surface area (TPSA) is 26.3 Å². The number of aryl methyl sites for hydroxylation is 2. The van der Waals surface area contributed by atoms with Crippen LogP contribution in [-0.2, 0) is 12.8 Å². The average molecular weight is 392 g/mol. The van der Waals surface area contributed by atoms with Crippen LogP contribution in [0.4, 0.5) is 13.2 Å². The fourth-order valence-corrected chi connectivity index (χ4v) is 3.08. The van der Waals surface area contributed by atoms with Gasteiger partial charge in [-0.15, -0.1) is 0 Å². The van der Waals surface area contributed by atoms with Crippen molar-refractivity contribution < 1.29 is 22.7 Å². The van der Waals surface area contributed by atoms with E-state index in [2.05, 4.69) is 6.92 Å². The first kappa shape index (κ1) is 22.0. The van der Waals surface area contributed by atoms with Crippen LogP contribution in [0.25, 0.3) is 0 Å². The van der Waals surface area contributed by atoms with Crippen molar-refractivity contribution in [3.05, 3.63) is 64.5 Å². The minimum absolute atomic E-state index is 0.217. The standard InChI is InChI=1S/C23H27F3O2/c1-3-5-6-7-8-10-16-11-13-18(19(24)15-16)23(27)28-20-14-12-17(9-4-2)21(25)22(20)26/h11-15H,3-10H2,1-2H3. The molecule has 2 rings (SSSR count). The molecule has 0 aliphatic rings. The van der Waals surface area contributed by atoms with E-state index in [1.165, 1.54) is 30.7 Å². The Balaban J connectivity index is 2.03. The van der Waals surface area contributed by atoms with Gasteiger partial charge in [0.2, 0.25) is 5.82 Å². The molecule has 0 atom stereocenters. The molecule has 0 amide bonds. The zero-order chi connectivity index (χ0) is 20.5. The summed E-state index contributed by atoms with van der Waals surface area (Å²) in [7, 11) is 0. The second kappa shape index (κ2) is 10.9. The van der Waals surface area contributed by atoms with Crippen LogP contribution in [-0.4, -0.2) is 5.97 Å². The van der Waals surface area contributed by atoms with Crippen molar-refractivity contribution in [3.63, 3.8) is 0 Å². The zero-order valence-corrected chi connectivity index (χ0v) is 16.5. The molecule has 0 aliphatic carbocycles. The van der Waals surface area contributed by atoms with Gasteiger partial charge in [-0.3, -0.25) is 0 Å². The number of benzene rings is 2. The highest BCUT2D eigenvalue weighted by atomic mass is 19.2. The number of hydrogen-bond donors (Lipinski definition) is 0. The van der Waals surface area contributed by atoms with Gasteiger partial charge in [-0.1, -0.05) is 58.1 Å². The van der Waals surface area contributed by atoms with Gasteiger partial charge in [0.1, 0.15) is 5.82 Å². The van der Waals surface area contributed by atoms with Crippen LogP contribution < -0.4 is 4.74 Å². The van der Waals surface area contributed by atoms with Gasteiger partial charge in [0.05, 0.1) is 5.56 Å². The van der Waals surface area contributed by atoms with Crippen LogP contribution in [0.5, 0.6) is 5.75 Å². The van der Waals surface area contributed by atoms with Crippen LogP contribution in [0.15, 0.2) is 30.3 Å². The molecule has 0 fully saturated rings. The lowest BCUT2D eigenvalue weighted by molar-refractivity contribution is 0.0721. The van der Waals surface area contributed by atoms with Gasteiger partial charge in [0.15, 0.2) is 11.6 Å². The van der Waals surface area contributed by atoms with Gasteiger partial charge in [0, 0.05) is 0 Å². The Morgan fingerprint density at radius 1 is 0.857 bits per heavy atom. The molecule has 28 heavy (non-hydrogen) atoms. The van der Waals surface area contributed by atoms with Crippen LogP contribution in [0.1, 0.15) is 73.9 Å². The minimum atomic E-state index is -1.23. The molecular formula is C23H27F3O2. The predicted molar refractivity (Wildman–Crippen MR) is 104 cm³/mol. The van der Waals surface area contributed by atoms with Crippen LogP contribution in [0, 0.1) is 17.5 Å². The summed E-state index contributed by atoms with van der Waals surface area (Å²) in [6, 6.07) is 6.88. The second-order valence-electron chi connectivity index (χ2n) is 6.97. The van der Waals surface area contributed by atoms with Crippen molar-refractivity contribution in [2.45, 2.75) is 65.2 Å². The van der Waals surface area contributed by atoms with E-state index in [1.807, 2.05) is 6.92 Å². The molecule has 2 aromatic rings. The molecular weight excluding hydrogens is 365 g/mol. The van der Waals surface area contributed by atoms with Gasteiger partial charge in [0.25, 0.3) is 0 Å². The number of hydrogen-bond acceptors (Lipinski definition) is 2. The highest BCUT2D eigenvalue weighted by Gasteiger charge is 2.20. The molecule has 0 aliphatic heterocycles. The first-order chi connectivity index (χ1) is 13.5. The summed E-state index contributed by atoms with van der Waals surface area (Å²) in [5.41, 5.74) is 0.716. The maximum absolute atomic E-state index is 14.3. The number of rotatable bonds is 10. The van der Waals surface area contributed by atoms with Crippen molar-refractivity contribution in [3.8, 4) is 5.75 Å². The SMILES string of the molecule is CCCCCCCc1ccc(C(=O)Oc2ccc(CCC)c(F)c2F)c(F)c1. The van der Waals surface area contributed by atoms with Gasteiger partial charge >= 0.3 is 5.97 Å². The van der Waals surface area contributed by atoms with E-state index in [0.29, 0.717) is 12.8 Å². The molecule has 0 bridgehead atoms. The number of esters is 1. The minimum Gasteiger partial charge on any atom is -0.420 e. The Kier molecular flexibility index (Phi) is 8.55. The van der Waals surface area contributed by atoms with E-state index >= 15 is 0 Å². The fourth-order valence-electron chi connectivity index (χ4n) is 3.08. The molecule has 0 unspecified atom stereocenters. The predicted octanol–water partition coefficient (Wildman–Crippen LogP) is 6.79. The molecule has 0 saturated heterocycles. The number of carbonyl (C=O) groups is 1. The van der Waals surface area contributed by atoms with E-state index < -0.39 is 29.2 Å². The van der Waals surface area contributed by atoms with Crippen LogP contribution in [0.2, 0.25) is 0 Å². The molecule has 0 saturated carbocycles. The number of ether oxygens (including phenoxy) is 1. The molecule has 0 aromatic heterocycles. The lowest BCUT2D eigenvalue weighted by Gasteiger charge is -2.10. The Morgan fingerprint density at radius 2 is 1.61 bits per heavy atom. The Hall–Kier alpha value is -2.30. The molecule has 0 spiro atoms. The lowest BCUT2D eigenvalue weighted by atomic mass is 10.0. The summed E-state index contributed by atoms with van der Waals surface area (Å²) in [5.74, 6) is -4.58. The van der Waals surface area contributed by atoms with Gasteiger partial charge in [-0.05, 0) is 48.6 Å². The number of halogens is 3. The van der Waals surface area contributed by atoms with E-state index in [9.17, 15) is 18.0 Å². The maximum Gasteiger partial charge on any atom is 0.346 e. The second-order valence-corrected chi connectivity index (χ2v) is 6.97. The number of unbranched alkanes of at least 4 members (excludes halogenated alkanes) is 4. The zero-order valence-electron chi connectivity index (χ0n) is 16.5. The van der Waals surface area contributed by atoms with Crippen molar-refractivity contribution in [1.82, 2.24) is 0 Å². The van der Waals surface area contributed by atoms with Crippen molar-refractivity contribution >= 4 is 5.97 Å². The van der Waals surface area contributed by atoms with Crippen molar-refractivity contribution in [1.29, 1.82) is 0 Å². The Morgan fingerprint density at radius 3 is 2.29 bits per heavy atom. The first-order valence-electron chi connectivity index (χ1n) is 9.95. The van der Waals surface area contributed by atoms with E-state index in [1.54, 1.807) is 6.07 Å². The average Bonchev–Trinajstić information content (AvgIpc) is 2.67. The monoisotopic (exact) mass is 392 g/mol. The summed E-state index contributed by atoms with van der Waals surface area (Å²) in [6.07, 6.45) is 7.32. The van der Waals surface area contributed by atoms with E-state index in [0.717, 1.165) is 37.7 Å². The van der Waals surface area contributed by atoms with Crippen molar-refractivity contribution in [2.75, 3.05) is 0 Å². The molecule has 0 radical (unpaired) electrons. The maximum atomic E-state index is 14.3. The third-order valence-corrected chi connectivity index (χ3v) is 4.67. The lowest BCUT2D eigenvalue weighted by Crippen LogP contribution is -2.13. The summed E-state index contributed by atoms with van der Waals surface area (Å²) in [4.78, 5) is 12.2. The summed E-state index contributed by atoms with van der Waals surface area (Å²) in [5, 5.41) is 0. The van der Waals surface area contributed by atoms with Gasteiger partial charge < -0.3 is 4.74 Å². The summed E-state index contributed by atoms with van der Waals surface area (Å²) in [6.45, 7) is 4.00. The van der Waals surface area contributed by atoms with E-state index in [-0.39, 0.29) is 11.1 Å². The molecule has 2 nitrogen and oxygen atoms in total. The van der Waals surface area contributed by atoms with Crippen LogP contribution >= 0.6 is 0 Å². The molecule has 152 valence electrons. The molecule has 2 aromatic carbocycles. The Labute approximate surface area is 164 Å². The van der Waals surface area contributed by atoms with Gasteiger partial charge in [-0.2, -0.15) is 4.39 Å². The van der Waals surface area contributed by atoms with Crippen LogP contribution in [0.3, 0.4) is 0 Å². The Bertz CT molecular complexity index is 803. The van der Waals surface area contributed by atoms with Gasteiger partial charge in [-0.25, -0.2) is 13.6 Å². The third kappa shape index (κ3) is 5.85. The summed E-state index contributed by atoms with van der Waals surface area (Å²) >= 11 is 0. The third-order valence-electron chi connectivity index (χ3n) is 4.67. The molecule has 5 heteroatoms. The molecule has 0 heterocycles. The highest BCUT2D eigenvalue weighted by molar-refractivity contribution is 5.91. The number of carbonyl (C=O) groups excluding carboxylic acids is 1. The smallest absolute Gasteiger partial charge is 0.346 e. The van der Waals surface area contributed by atoms with E-state index in [4.69, 9.17) is 4.74 Å². The highest BCUT2D eigenvalue weighted by Crippen LogP contribution is 2.25. The van der Waals surface area contributed by atoms with Crippen molar-refractivity contribution in [2.24, 2.45) is 0 Å². The fraction of sp³-hybridized carbons (Fsp3) is 0.435. The quantitative estimate of drug-likeness (QED) is 0.253.